The van der Waals surface area contributed by atoms with Crippen LogP contribution in [-0.2, 0) is 5.33 Å². The molecule has 0 saturated heterocycles. The average molecular weight is 224 g/mol. The zero-order valence-corrected chi connectivity index (χ0v) is 7.28. The lowest BCUT2D eigenvalue weighted by molar-refractivity contribution is 0.620. The van der Waals surface area contributed by atoms with E-state index in [4.69, 9.17) is 11.6 Å². The fourth-order valence-corrected chi connectivity index (χ4v) is 1.32. The minimum absolute atomic E-state index is 0.346. The molecule has 1 nitrogen and oxygen atoms in total. The van der Waals surface area contributed by atoms with Crippen molar-refractivity contribution in [1.82, 2.24) is 4.98 Å². The number of nitrogens with zero attached hydrogens (tertiary/aromatic N) is 1. The van der Waals surface area contributed by atoms with Gasteiger partial charge in [-0.05, 0) is 6.07 Å². The predicted molar refractivity (Wildman–Crippen MR) is 41.8 cm³/mol. The Balaban J connectivity index is 3.09. The predicted octanol–water partition coefficient (Wildman–Crippen LogP) is 2.77. The van der Waals surface area contributed by atoms with Gasteiger partial charge >= 0.3 is 0 Å². The highest BCUT2D eigenvalue weighted by molar-refractivity contribution is 9.08. The van der Waals surface area contributed by atoms with Crippen molar-refractivity contribution in [2.45, 2.75) is 5.33 Å². The summed E-state index contributed by atoms with van der Waals surface area (Å²) in [5.41, 5.74) is 0.668. The quantitative estimate of drug-likeness (QED) is 0.528. The summed E-state index contributed by atoms with van der Waals surface area (Å²) in [5, 5.41) is 0.870. The third-order valence-corrected chi connectivity index (χ3v) is 1.97. The van der Waals surface area contributed by atoms with E-state index in [-0.39, 0.29) is 5.82 Å². The maximum atomic E-state index is 12.4. The molecular weight excluding hydrogens is 220 g/mol. The molecule has 0 bridgehead atoms. The number of pyridine rings is 1. The minimum Gasteiger partial charge on any atom is -0.241 e. The molecule has 0 aliphatic heterocycles. The van der Waals surface area contributed by atoms with Gasteiger partial charge in [-0.2, -0.15) is 0 Å². The van der Waals surface area contributed by atoms with E-state index in [2.05, 4.69) is 20.9 Å². The molecule has 0 radical (unpaired) electrons. The monoisotopic (exact) mass is 223 g/mol. The fourth-order valence-electron chi connectivity index (χ4n) is 0.558. The van der Waals surface area contributed by atoms with Crippen molar-refractivity contribution in [3.05, 3.63) is 28.8 Å². The van der Waals surface area contributed by atoms with E-state index in [1.807, 2.05) is 0 Å². The Morgan fingerprint density at radius 1 is 1.70 bits per heavy atom. The van der Waals surface area contributed by atoms with E-state index >= 15 is 0 Å². The van der Waals surface area contributed by atoms with E-state index in [1.165, 1.54) is 6.07 Å². The molecule has 0 aliphatic carbocycles. The van der Waals surface area contributed by atoms with E-state index in [0.29, 0.717) is 16.0 Å². The van der Waals surface area contributed by atoms with Gasteiger partial charge < -0.3 is 0 Å². The lowest BCUT2D eigenvalue weighted by Gasteiger charge is -1.96. The number of hydrogen-bond acceptors (Lipinski definition) is 1. The molecule has 1 heterocycles. The van der Waals surface area contributed by atoms with Crippen molar-refractivity contribution in [1.29, 1.82) is 0 Å². The van der Waals surface area contributed by atoms with E-state index in [0.717, 1.165) is 6.20 Å². The van der Waals surface area contributed by atoms with Gasteiger partial charge in [-0.25, -0.2) is 9.37 Å². The molecule has 0 aromatic carbocycles. The second-order valence-electron chi connectivity index (χ2n) is 1.74. The van der Waals surface area contributed by atoms with Gasteiger partial charge in [-0.15, -0.1) is 0 Å². The van der Waals surface area contributed by atoms with Gasteiger partial charge in [-0.1, -0.05) is 27.5 Å². The molecule has 0 unspecified atom stereocenters. The topological polar surface area (TPSA) is 12.9 Å². The summed E-state index contributed by atoms with van der Waals surface area (Å²) in [5.74, 6) is -0.362. The van der Waals surface area contributed by atoms with Gasteiger partial charge in [0.2, 0.25) is 0 Å². The lowest BCUT2D eigenvalue weighted by atomic mass is 10.3. The normalized spacial score (nSPS) is 9.90. The van der Waals surface area contributed by atoms with Crippen LogP contribution >= 0.6 is 27.5 Å². The number of aromatic nitrogens is 1. The summed E-state index contributed by atoms with van der Waals surface area (Å²) in [6, 6.07) is 1.35. The van der Waals surface area contributed by atoms with E-state index in [9.17, 15) is 4.39 Å². The first-order chi connectivity index (χ1) is 4.74. The summed E-state index contributed by atoms with van der Waals surface area (Å²) in [4.78, 5) is 3.61. The molecule has 0 aliphatic rings. The van der Waals surface area contributed by atoms with E-state index in [1.54, 1.807) is 0 Å². The van der Waals surface area contributed by atoms with Gasteiger partial charge in [0.15, 0.2) is 0 Å². The summed E-state index contributed by atoms with van der Waals surface area (Å²) >= 11 is 8.74. The first kappa shape index (κ1) is 7.95. The molecule has 0 spiro atoms. The van der Waals surface area contributed by atoms with Gasteiger partial charge in [0.1, 0.15) is 11.0 Å². The Kier molecular flexibility index (Phi) is 2.63. The van der Waals surface area contributed by atoms with Crippen LogP contribution in [0, 0.1) is 5.82 Å². The van der Waals surface area contributed by atoms with Crippen molar-refractivity contribution in [2.75, 3.05) is 0 Å². The van der Waals surface area contributed by atoms with Crippen molar-refractivity contribution in [3.63, 3.8) is 0 Å². The second-order valence-corrected chi connectivity index (χ2v) is 2.66. The van der Waals surface area contributed by atoms with Crippen LogP contribution in [0.2, 0.25) is 5.15 Å². The van der Waals surface area contributed by atoms with Crippen molar-refractivity contribution < 1.29 is 4.39 Å². The smallest absolute Gasteiger partial charge is 0.141 e. The highest BCUT2D eigenvalue weighted by atomic mass is 79.9. The third-order valence-electron chi connectivity index (χ3n) is 1.02. The highest BCUT2D eigenvalue weighted by Crippen LogP contribution is 2.15. The summed E-state index contributed by atoms with van der Waals surface area (Å²) in [7, 11) is 0. The molecule has 0 fully saturated rings. The van der Waals surface area contributed by atoms with Crippen LogP contribution in [0.4, 0.5) is 4.39 Å². The molecule has 0 saturated carbocycles. The maximum absolute atomic E-state index is 12.4. The molecule has 0 N–H and O–H groups in total. The molecule has 1 aromatic rings. The number of alkyl halides is 1. The maximum Gasteiger partial charge on any atom is 0.141 e. The molecule has 4 heteroatoms. The number of rotatable bonds is 1. The lowest BCUT2D eigenvalue weighted by Crippen LogP contribution is -1.86. The van der Waals surface area contributed by atoms with Crippen molar-refractivity contribution in [3.8, 4) is 0 Å². The Morgan fingerprint density at radius 3 is 2.90 bits per heavy atom. The zero-order chi connectivity index (χ0) is 7.56. The van der Waals surface area contributed by atoms with Crippen molar-refractivity contribution in [2.24, 2.45) is 0 Å². The van der Waals surface area contributed by atoms with Gasteiger partial charge in [-0.3, -0.25) is 0 Å². The molecule has 0 atom stereocenters. The summed E-state index contributed by atoms with van der Waals surface area (Å²) in [6.07, 6.45) is 1.09. The SMILES string of the molecule is Fc1cnc(Cl)c(CBr)c1. The van der Waals surface area contributed by atoms with Gasteiger partial charge in [0.05, 0.1) is 6.20 Å². The molecule has 54 valence electrons. The molecule has 10 heavy (non-hydrogen) atoms. The largest absolute Gasteiger partial charge is 0.241 e. The Hall–Kier alpha value is -0.150. The Morgan fingerprint density at radius 2 is 2.40 bits per heavy atom. The van der Waals surface area contributed by atoms with Gasteiger partial charge in [0.25, 0.3) is 0 Å². The summed E-state index contributed by atoms with van der Waals surface area (Å²) < 4.78 is 12.4. The Bertz CT molecular complexity index is 241. The second kappa shape index (κ2) is 3.30. The van der Waals surface area contributed by atoms with Crippen LogP contribution in [0.25, 0.3) is 0 Å². The van der Waals surface area contributed by atoms with Gasteiger partial charge in [0, 0.05) is 10.9 Å². The first-order valence-electron chi connectivity index (χ1n) is 2.60. The van der Waals surface area contributed by atoms with Crippen LogP contribution in [0.3, 0.4) is 0 Å². The molecular formula is C6H4BrClFN. The first-order valence-corrected chi connectivity index (χ1v) is 4.10. The van der Waals surface area contributed by atoms with Crippen LogP contribution < -0.4 is 0 Å². The third kappa shape index (κ3) is 1.67. The standard InChI is InChI=1S/C6H4BrClFN/c7-2-4-1-5(9)3-10-6(4)8/h1,3H,2H2. The number of hydrogen-bond donors (Lipinski definition) is 0. The van der Waals surface area contributed by atoms with Crippen LogP contribution in [0.15, 0.2) is 12.3 Å². The average Bonchev–Trinajstić information content (AvgIpc) is 1.94. The summed E-state index contributed by atoms with van der Waals surface area (Å²) in [6.45, 7) is 0. The molecule has 0 amide bonds. The minimum atomic E-state index is -0.362. The van der Waals surface area contributed by atoms with E-state index < -0.39 is 0 Å². The highest BCUT2D eigenvalue weighted by Gasteiger charge is 2.00. The van der Waals surface area contributed by atoms with Crippen molar-refractivity contribution >= 4 is 27.5 Å². The molecule has 1 aromatic heterocycles. The van der Waals surface area contributed by atoms with Crippen LogP contribution in [-0.4, -0.2) is 4.98 Å². The van der Waals surface area contributed by atoms with Crippen LogP contribution in [0.5, 0.6) is 0 Å². The Labute approximate surface area is 71.4 Å². The number of halogens is 3. The molecule has 1 rings (SSSR count). The fraction of sp³-hybridized carbons (Fsp3) is 0.167. The van der Waals surface area contributed by atoms with Crippen LogP contribution in [0.1, 0.15) is 5.56 Å². The zero-order valence-electron chi connectivity index (χ0n) is 4.94.